The van der Waals surface area contributed by atoms with Crippen molar-refractivity contribution >= 4 is 96.2 Å². The van der Waals surface area contributed by atoms with Gasteiger partial charge in [0.2, 0.25) is 0 Å². The Bertz CT molecular complexity index is 2870. The molecule has 4 heterocycles. The van der Waals surface area contributed by atoms with E-state index in [0.717, 1.165) is 11.1 Å². The number of aromatic nitrogens is 8. The van der Waals surface area contributed by atoms with Crippen molar-refractivity contribution in [2.45, 2.75) is 218 Å². The summed E-state index contributed by atoms with van der Waals surface area (Å²) in [5.74, 6) is 0.178. The summed E-state index contributed by atoms with van der Waals surface area (Å²) in [6.07, 6.45) is 16.8. The summed E-state index contributed by atoms with van der Waals surface area (Å²) in [4.78, 5) is 63.3. The molecule has 17 nitrogen and oxygen atoms in total. The quantitative estimate of drug-likeness (QED) is 0.0459. The number of rotatable bonds is 27. The second kappa shape index (κ2) is 30.7. The Morgan fingerprint density at radius 1 is 0.544 bits per heavy atom. The van der Waals surface area contributed by atoms with Crippen LogP contribution in [0.4, 0.5) is 21.5 Å². The number of benzene rings is 2. The summed E-state index contributed by atoms with van der Waals surface area (Å²) in [5, 5.41) is 2.60. The van der Waals surface area contributed by atoms with Crippen LogP contribution in [0.3, 0.4) is 0 Å². The number of hydrogen-bond donors (Lipinski definition) is 2. The number of nitrogens with zero attached hydrogens (tertiary/aromatic N) is 8. The van der Waals surface area contributed by atoms with Crippen molar-refractivity contribution in [1.82, 2.24) is 39.0 Å². The van der Waals surface area contributed by atoms with Crippen molar-refractivity contribution in [3.8, 4) is 11.8 Å². The molecule has 6 aromatic rings. The fourth-order valence-corrected chi connectivity index (χ4v) is 42.3. The molecule has 0 fully saturated rings. The van der Waals surface area contributed by atoms with Crippen molar-refractivity contribution in [3.05, 3.63) is 72.3 Å². The van der Waals surface area contributed by atoms with E-state index in [1.54, 1.807) is 27.9 Å². The van der Waals surface area contributed by atoms with Gasteiger partial charge in [-0.15, -0.1) is 0 Å². The predicted molar refractivity (Wildman–Crippen MR) is 323 cm³/mol. The molecular weight excluding hydrogens is 1210 g/mol. The Morgan fingerprint density at radius 3 is 1.27 bits per heavy atom. The fourth-order valence-electron chi connectivity index (χ4n) is 10.1. The molecule has 0 radical (unpaired) electrons. The number of imidazole rings is 2. The second-order valence-electron chi connectivity index (χ2n) is 23.1. The molecule has 432 valence electrons. The number of carbonyl (C=O) groups excluding carboxylic acids is 3. The molecule has 4 aromatic heterocycles. The zero-order valence-corrected chi connectivity index (χ0v) is 55.6. The van der Waals surface area contributed by atoms with Gasteiger partial charge in [0.05, 0.1) is 0 Å². The Kier molecular flexibility index (Phi) is 25.1. The van der Waals surface area contributed by atoms with Gasteiger partial charge >= 0.3 is 440 Å². The third-order valence-corrected chi connectivity index (χ3v) is 45.3. The van der Waals surface area contributed by atoms with E-state index in [0.29, 0.717) is 17.6 Å². The third-order valence-electron chi connectivity index (χ3n) is 14.1. The van der Waals surface area contributed by atoms with Crippen LogP contribution in [0.25, 0.3) is 22.3 Å². The monoisotopic (exact) mass is 1300 g/mol. The molecule has 1 amide bonds. The van der Waals surface area contributed by atoms with E-state index in [-0.39, 0.29) is 47.5 Å². The van der Waals surface area contributed by atoms with Crippen molar-refractivity contribution < 1.29 is 33.3 Å². The number of amides is 1. The molecule has 6 rings (SSSR count). The molecule has 0 saturated heterocycles. The number of nitrogens with two attached hydrogens (primary N) is 1. The summed E-state index contributed by atoms with van der Waals surface area (Å²) in [6, 6.07) is 18.0. The maximum absolute atomic E-state index is 12.8. The Morgan fingerprint density at radius 2 is 0.911 bits per heavy atom. The number of anilines is 2. The van der Waals surface area contributed by atoms with E-state index in [2.05, 4.69) is 125 Å². The van der Waals surface area contributed by atoms with Crippen LogP contribution in [0.15, 0.2) is 61.2 Å². The zero-order chi connectivity index (χ0) is 57.8. The van der Waals surface area contributed by atoms with Gasteiger partial charge in [0, 0.05) is 0 Å². The van der Waals surface area contributed by atoms with E-state index in [9.17, 15) is 14.4 Å². The molecule has 0 aliphatic heterocycles. The second-order valence-corrected chi connectivity index (χ2v) is 49.6. The summed E-state index contributed by atoms with van der Waals surface area (Å²) in [5.41, 5.74) is 8.00. The minimum absolute atomic E-state index is 0.0143. The molecule has 0 bridgehead atoms. The first kappa shape index (κ1) is 64.8. The Hall–Kier alpha value is -5.05. The van der Waals surface area contributed by atoms with E-state index < -0.39 is 60.1 Å². The summed E-state index contributed by atoms with van der Waals surface area (Å²) in [7, 11) is 0. The van der Waals surface area contributed by atoms with Gasteiger partial charge in [0.1, 0.15) is 0 Å². The standard InChI is InChI=1S/C19H20N5O4.C17H18N5O3.6C4H9.2Sn/c1-12(25)21-17-22-15-14(20-11-24(15)18(26)28-19(2,3)4)16(23-17)27-10-13-8-6-5-7-9-13;1-17(2,3)25-16(23)22-10-19-12-13(22)20-15(18)21-14(12)24-9-11-7-5-4-6-8-11;6*1-3-4-2;;/h5-6,8-9,11H,10H2,1-4H3,(H,21,22,23,25);4-5,7-8,10H,9H2,1-3H3,(H2,18,20,21);6*1,3-4H2,2H3;;. The number of nitrogen functional groups attached to an aromatic ring is 1. The third kappa shape index (κ3) is 19.0. The first-order valence-electron chi connectivity index (χ1n) is 29.1. The van der Waals surface area contributed by atoms with Crippen LogP contribution in [-0.2, 0) is 27.5 Å². The van der Waals surface area contributed by atoms with Gasteiger partial charge in [0.15, 0.2) is 0 Å². The van der Waals surface area contributed by atoms with E-state index in [4.69, 9.17) is 24.7 Å². The fraction of sp³-hybridized carbons (Fsp3) is 0.583. The zero-order valence-electron chi connectivity index (χ0n) is 49.9. The van der Waals surface area contributed by atoms with Crippen molar-refractivity contribution in [3.63, 3.8) is 0 Å². The summed E-state index contributed by atoms with van der Waals surface area (Å²) >= 11 is -5.16. The van der Waals surface area contributed by atoms with Crippen LogP contribution < -0.4 is 27.7 Å². The minimum atomic E-state index is -2.61. The number of carbonyl (C=O) groups is 3. The van der Waals surface area contributed by atoms with Gasteiger partial charge in [-0.2, -0.15) is 0 Å². The van der Waals surface area contributed by atoms with E-state index in [1.165, 1.54) is 132 Å². The predicted octanol–water partition coefficient (Wildman–Crippen LogP) is 14.0. The first-order chi connectivity index (χ1) is 37.6. The molecule has 0 spiro atoms. The van der Waals surface area contributed by atoms with Gasteiger partial charge < -0.3 is 0 Å². The molecule has 0 aliphatic carbocycles. The van der Waals surface area contributed by atoms with Gasteiger partial charge in [-0.1, -0.05) is 0 Å². The molecule has 19 heteroatoms. The molecule has 0 unspecified atom stereocenters. The number of fused-ring (bicyclic) bond motifs is 2. The van der Waals surface area contributed by atoms with E-state index in [1.807, 2.05) is 20.8 Å². The van der Waals surface area contributed by atoms with Crippen LogP contribution in [-0.4, -0.2) is 105 Å². The molecule has 3 N–H and O–H groups in total. The molecule has 79 heavy (non-hydrogen) atoms. The molecule has 0 aliphatic rings. The van der Waals surface area contributed by atoms with Gasteiger partial charge in [-0.3, -0.25) is 0 Å². The van der Waals surface area contributed by atoms with Crippen LogP contribution in [0.2, 0.25) is 26.6 Å². The van der Waals surface area contributed by atoms with Crippen molar-refractivity contribution in [1.29, 1.82) is 0 Å². The van der Waals surface area contributed by atoms with Gasteiger partial charge in [-0.25, -0.2) is 0 Å². The summed E-state index contributed by atoms with van der Waals surface area (Å²) in [6.45, 7) is 26.6. The number of ether oxygens (including phenoxy) is 4. The van der Waals surface area contributed by atoms with E-state index >= 15 is 0 Å². The SMILES string of the molecule is CCC[CH2][Sn]([CH2]CCC)([CH2]CCC)[c]1cccc(COc2nc(N)nc3c2ncn3C(=O)OC(C)(C)C)c1.CCC[CH2][Sn]([CH2]CCC)([CH2]CCC)[c]1cccc(COc2nc(NC(C)=O)nc3c2ncn3C(=O)OC(C)(C)C)c1. The van der Waals surface area contributed by atoms with Crippen LogP contribution in [0.1, 0.15) is 178 Å². The number of hydrogen-bond acceptors (Lipinski definition) is 14. The normalized spacial score (nSPS) is 12.1. The van der Waals surface area contributed by atoms with Crippen LogP contribution >= 0.6 is 0 Å². The molecule has 2 aromatic carbocycles. The van der Waals surface area contributed by atoms with Crippen LogP contribution in [0, 0.1) is 0 Å². The number of nitrogens with one attached hydrogen (secondary N) is 1. The maximum atomic E-state index is 12.8. The summed E-state index contributed by atoms with van der Waals surface area (Å²) < 4.78 is 37.4. The molecule has 0 saturated carbocycles. The molecular formula is C60H92N10O7Sn2. The molecule has 0 atom stereocenters. The van der Waals surface area contributed by atoms with Gasteiger partial charge in [-0.05, 0) is 41.5 Å². The van der Waals surface area contributed by atoms with Crippen LogP contribution in [0.5, 0.6) is 11.8 Å². The number of unbranched alkanes of at least 4 members (excludes halogenated alkanes) is 6. The Balaban J connectivity index is 0.000000291. The topological polar surface area (TPSA) is 213 Å². The average molecular weight is 1300 g/mol. The average Bonchev–Trinajstić information content (AvgIpc) is 4.27. The Labute approximate surface area is 478 Å². The first-order valence-corrected chi connectivity index (χ1v) is 44.0. The van der Waals surface area contributed by atoms with Crippen molar-refractivity contribution in [2.24, 2.45) is 0 Å². The van der Waals surface area contributed by atoms with Crippen molar-refractivity contribution in [2.75, 3.05) is 11.1 Å². The van der Waals surface area contributed by atoms with Gasteiger partial charge in [0.25, 0.3) is 0 Å².